The van der Waals surface area contributed by atoms with Crippen molar-refractivity contribution in [1.82, 2.24) is 5.32 Å². The molecular weight excluding hydrogens is 294 g/mol. The summed E-state index contributed by atoms with van der Waals surface area (Å²) in [5.74, 6) is 1.52. The van der Waals surface area contributed by atoms with Gasteiger partial charge in [0.1, 0.15) is 17.1 Å². The van der Waals surface area contributed by atoms with Crippen LogP contribution in [0.15, 0.2) is 22.6 Å². The molecule has 2 aromatic rings. The van der Waals surface area contributed by atoms with Gasteiger partial charge in [-0.15, -0.1) is 0 Å². The highest BCUT2D eigenvalue weighted by Crippen LogP contribution is 2.29. The lowest BCUT2D eigenvalue weighted by molar-refractivity contribution is 0.0873. The van der Waals surface area contributed by atoms with E-state index in [-0.39, 0.29) is 12.0 Å². The number of amides is 1. The van der Waals surface area contributed by atoms with Crippen molar-refractivity contribution in [2.45, 2.75) is 38.7 Å². The second-order valence-corrected chi connectivity index (χ2v) is 6.29. The average Bonchev–Trinajstić information content (AvgIpc) is 2.87. The largest absolute Gasteiger partial charge is 0.497 e. The Morgan fingerprint density at radius 3 is 3.00 bits per heavy atom. The number of ether oxygens (including phenoxy) is 1. The number of furan rings is 1. The van der Waals surface area contributed by atoms with E-state index in [1.165, 1.54) is 0 Å². The monoisotopic (exact) mass is 317 g/mol. The third kappa shape index (κ3) is 3.34. The molecule has 1 heterocycles. The minimum Gasteiger partial charge on any atom is -0.497 e. The first-order valence-electron chi connectivity index (χ1n) is 8.12. The highest BCUT2D eigenvalue weighted by Gasteiger charge is 2.23. The van der Waals surface area contributed by atoms with Crippen molar-refractivity contribution in [3.8, 4) is 5.75 Å². The van der Waals surface area contributed by atoms with E-state index in [9.17, 15) is 9.90 Å². The van der Waals surface area contributed by atoms with Gasteiger partial charge in [0.2, 0.25) is 0 Å². The second kappa shape index (κ2) is 6.62. The standard InChI is InChI=1S/C18H23NO4/c1-11-17(15-9-14(22-2)6-7-16(15)23-11)18(21)19-10-12-4-3-5-13(20)8-12/h6-7,9,12-13,20H,3-5,8,10H2,1-2H3,(H,19,21). The summed E-state index contributed by atoms with van der Waals surface area (Å²) in [4.78, 5) is 12.6. The summed E-state index contributed by atoms with van der Waals surface area (Å²) in [5, 5.41) is 13.5. The number of aliphatic hydroxyl groups excluding tert-OH is 1. The van der Waals surface area contributed by atoms with Crippen LogP contribution in [-0.4, -0.2) is 30.8 Å². The number of methoxy groups -OCH3 is 1. The third-order valence-electron chi connectivity index (χ3n) is 4.60. The maximum Gasteiger partial charge on any atom is 0.255 e. The lowest BCUT2D eigenvalue weighted by Crippen LogP contribution is -2.33. The van der Waals surface area contributed by atoms with Gasteiger partial charge >= 0.3 is 0 Å². The molecule has 2 N–H and O–H groups in total. The summed E-state index contributed by atoms with van der Waals surface area (Å²) in [6, 6.07) is 5.46. The summed E-state index contributed by atoms with van der Waals surface area (Å²) in [5.41, 5.74) is 1.25. The molecule has 0 radical (unpaired) electrons. The summed E-state index contributed by atoms with van der Waals surface area (Å²) in [7, 11) is 1.60. The van der Waals surface area contributed by atoms with Crippen LogP contribution in [0, 0.1) is 12.8 Å². The molecule has 23 heavy (non-hydrogen) atoms. The normalized spacial score (nSPS) is 21.3. The molecule has 1 amide bonds. The maximum absolute atomic E-state index is 12.6. The topological polar surface area (TPSA) is 71.7 Å². The van der Waals surface area contributed by atoms with Crippen LogP contribution in [0.25, 0.3) is 11.0 Å². The zero-order valence-corrected chi connectivity index (χ0v) is 13.6. The molecule has 1 aliphatic rings. The number of aliphatic hydroxyl groups is 1. The molecule has 1 aliphatic carbocycles. The van der Waals surface area contributed by atoms with E-state index in [2.05, 4.69) is 5.32 Å². The number of nitrogens with one attached hydrogen (secondary N) is 1. The average molecular weight is 317 g/mol. The lowest BCUT2D eigenvalue weighted by atomic mass is 9.87. The van der Waals surface area contributed by atoms with Crippen molar-refractivity contribution in [3.63, 3.8) is 0 Å². The van der Waals surface area contributed by atoms with Crippen molar-refractivity contribution in [2.24, 2.45) is 5.92 Å². The Hall–Kier alpha value is -2.01. The molecule has 0 aliphatic heterocycles. The number of hydrogen-bond donors (Lipinski definition) is 2. The van der Waals surface area contributed by atoms with E-state index >= 15 is 0 Å². The van der Waals surface area contributed by atoms with Gasteiger partial charge in [0.05, 0.1) is 18.8 Å². The summed E-state index contributed by atoms with van der Waals surface area (Å²) in [6.45, 7) is 2.39. The van der Waals surface area contributed by atoms with Crippen LogP contribution in [0.4, 0.5) is 0 Å². The van der Waals surface area contributed by atoms with Gasteiger partial charge in [-0.1, -0.05) is 6.42 Å². The fourth-order valence-corrected chi connectivity index (χ4v) is 3.38. The smallest absolute Gasteiger partial charge is 0.255 e. The number of fused-ring (bicyclic) bond motifs is 1. The number of benzene rings is 1. The highest BCUT2D eigenvalue weighted by molar-refractivity contribution is 6.07. The van der Waals surface area contributed by atoms with Gasteiger partial charge in [0.15, 0.2) is 0 Å². The van der Waals surface area contributed by atoms with Crippen LogP contribution in [0.3, 0.4) is 0 Å². The Kier molecular flexibility index (Phi) is 4.57. The quantitative estimate of drug-likeness (QED) is 0.909. The molecule has 5 heteroatoms. The number of aryl methyl sites for hydroxylation is 1. The zero-order valence-electron chi connectivity index (χ0n) is 13.6. The molecule has 0 saturated heterocycles. The Morgan fingerprint density at radius 2 is 2.26 bits per heavy atom. The van der Waals surface area contributed by atoms with E-state index in [1.54, 1.807) is 14.0 Å². The molecule has 1 aromatic carbocycles. The summed E-state index contributed by atoms with van der Waals surface area (Å²) < 4.78 is 10.9. The molecule has 1 saturated carbocycles. The fraction of sp³-hybridized carbons (Fsp3) is 0.500. The van der Waals surface area contributed by atoms with E-state index < -0.39 is 0 Å². The molecule has 3 rings (SSSR count). The van der Waals surface area contributed by atoms with Crippen molar-refractivity contribution >= 4 is 16.9 Å². The van der Waals surface area contributed by atoms with Gasteiger partial charge in [0, 0.05) is 11.9 Å². The van der Waals surface area contributed by atoms with Crippen LogP contribution >= 0.6 is 0 Å². The minimum atomic E-state index is -0.230. The zero-order chi connectivity index (χ0) is 16.4. The SMILES string of the molecule is COc1ccc2oc(C)c(C(=O)NCC3CCCC(O)C3)c2c1. The minimum absolute atomic E-state index is 0.130. The van der Waals surface area contributed by atoms with Gasteiger partial charge in [0.25, 0.3) is 5.91 Å². The summed E-state index contributed by atoms with van der Waals surface area (Å²) >= 11 is 0. The maximum atomic E-state index is 12.6. The number of carbonyl (C=O) groups is 1. The van der Waals surface area contributed by atoms with Crippen LogP contribution in [0.2, 0.25) is 0 Å². The Labute approximate surface area is 135 Å². The van der Waals surface area contributed by atoms with Crippen molar-refractivity contribution in [3.05, 3.63) is 29.5 Å². The molecule has 0 bridgehead atoms. The molecular formula is C18H23NO4. The van der Waals surface area contributed by atoms with Crippen molar-refractivity contribution < 1.29 is 19.1 Å². The first kappa shape index (κ1) is 15.9. The number of rotatable bonds is 4. The lowest BCUT2D eigenvalue weighted by Gasteiger charge is -2.25. The van der Waals surface area contributed by atoms with Gasteiger partial charge in [-0.2, -0.15) is 0 Å². The van der Waals surface area contributed by atoms with E-state index in [4.69, 9.17) is 9.15 Å². The first-order chi connectivity index (χ1) is 11.1. The van der Waals surface area contributed by atoms with Gasteiger partial charge in [-0.3, -0.25) is 4.79 Å². The van der Waals surface area contributed by atoms with E-state index in [1.807, 2.05) is 18.2 Å². The van der Waals surface area contributed by atoms with Gasteiger partial charge in [-0.05, 0) is 50.3 Å². The predicted octanol–water partition coefficient (Wildman–Crippen LogP) is 3.03. The molecule has 2 unspecified atom stereocenters. The Bertz CT molecular complexity index is 706. The predicted molar refractivity (Wildman–Crippen MR) is 87.8 cm³/mol. The highest BCUT2D eigenvalue weighted by atomic mass is 16.5. The Morgan fingerprint density at radius 1 is 1.43 bits per heavy atom. The molecule has 1 aromatic heterocycles. The molecule has 1 fully saturated rings. The van der Waals surface area contributed by atoms with Crippen molar-refractivity contribution in [1.29, 1.82) is 0 Å². The number of carbonyl (C=O) groups excluding carboxylic acids is 1. The Balaban J connectivity index is 1.76. The fourth-order valence-electron chi connectivity index (χ4n) is 3.38. The molecule has 2 atom stereocenters. The number of hydrogen-bond acceptors (Lipinski definition) is 4. The second-order valence-electron chi connectivity index (χ2n) is 6.29. The van der Waals surface area contributed by atoms with E-state index in [0.29, 0.717) is 35.1 Å². The third-order valence-corrected chi connectivity index (χ3v) is 4.60. The van der Waals surface area contributed by atoms with Crippen molar-refractivity contribution in [2.75, 3.05) is 13.7 Å². The molecule has 124 valence electrons. The van der Waals surface area contributed by atoms with Crippen LogP contribution in [-0.2, 0) is 0 Å². The van der Waals surface area contributed by atoms with E-state index in [0.717, 1.165) is 31.1 Å². The van der Waals surface area contributed by atoms with Crippen LogP contribution < -0.4 is 10.1 Å². The van der Waals surface area contributed by atoms with Crippen LogP contribution in [0.5, 0.6) is 5.75 Å². The molecule has 0 spiro atoms. The first-order valence-corrected chi connectivity index (χ1v) is 8.12. The molecule has 5 nitrogen and oxygen atoms in total. The van der Waals surface area contributed by atoms with Gasteiger partial charge in [-0.25, -0.2) is 0 Å². The van der Waals surface area contributed by atoms with Gasteiger partial charge < -0.3 is 19.6 Å². The summed E-state index contributed by atoms with van der Waals surface area (Å²) in [6.07, 6.45) is 3.48. The van der Waals surface area contributed by atoms with Crippen LogP contribution in [0.1, 0.15) is 41.8 Å².